The number of urea groups is 1. The Bertz CT molecular complexity index is 1130. The number of carbonyl (C=O) groups excluding carboxylic acids is 1. The minimum absolute atomic E-state index is 0.00726. The number of rotatable bonds is 7. The van der Waals surface area contributed by atoms with Crippen molar-refractivity contribution in [3.8, 4) is 11.4 Å². The van der Waals surface area contributed by atoms with Crippen LogP contribution in [0, 0.1) is 0 Å². The molecule has 0 aliphatic carbocycles. The second-order valence-corrected chi connectivity index (χ2v) is 7.24. The minimum Gasteiger partial charge on any atom is -0.360 e. The van der Waals surface area contributed by atoms with Crippen LogP contribution >= 0.6 is 0 Å². The van der Waals surface area contributed by atoms with Gasteiger partial charge in [-0.1, -0.05) is 36.4 Å². The smallest absolute Gasteiger partial charge is 0.319 e. The normalized spacial score (nSPS) is 11.5. The molecule has 2 aromatic heterocycles. The molecule has 4 aromatic rings. The molecule has 2 aromatic carbocycles. The van der Waals surface area contributed by atoms with E-state index < -0.39 is 0 Å². The number of anilines is 3. The molecule has 31 heavy (non-hydrogen) atoms. The third-order valence-electron chi connectivity index (χ3n) is 4.67. The van der Waals surface area contributed by atoms with E-state index in [1.54, 1.807) is 6.20 Å². The van der Waals surface area contributed by atoms with Crippen LogP contribution in [0.15, 0.2) is 85.2 Å². The van der Waals surface area contributed by atoms with Crippen molar-refractivity contribution in [2.45, 2.75) is 19.4 Å². The van der Waals surface area contributed by atoms with E-state index in [0.29, 0.717) is 11.6 Å². The molecular formula is C24H24N6O. The standard InChI is InChI=1S/C24H24N6O/c1-17(15-18-7-3-2-4-8-18)27-24(31)29-20-10-5-9-19(16-20)28-23-26-14-12-22(30-23)21-11-6-13-25-21/h2-14,16-17,25H,15H2,1H3,(H,26,28,30)(H2,27,29,31). The van der Waals surface area contributed by atoms with E-state index in [9.17, 15) is 4.79 Å². The molecule has 0 aliphatic rings. The van der Waals surface area contributed by atoms with E-state index in [0.717, 1.165) is 23.5 Å². The number of aromatic nitrogens is 3. The second kappa shape index (κ2) is 9.58. The highest BCUT2D eigenvalue weighted by Gasteiger charge is 2.09. The fourth-order valence-electron chi connectivity index (χ4n) is 3.27. The number of aromatic amines is 1. The second-order valence-electron chi connectivity index (χ2n) is 7.24. The molecule has 2 amide bonds. The Hall–Kier alpha value is -4.13. The molecule has 0 saturated heterocycles. The predicted molar refractivity (Wildman–Crippen MR) is 123 cm³/mol. The molecule has 2 heterocycles. The monoisotopic (exact) mass is 412 g/mol. The molecule has 0 bridgehead atoms. The molecule has 0 spiro atoms. The van der Waals surface area contributed by atoms with Gasteiger partial charge in [-0.05, 0) is 55.3 Å². The average Bonchev–Trinajstić information content (AvgIpc) is 3.30. The van der Waals surface area contributed by atoms with Gasteiger partial charge < -0.3 is 20.9 Å². The first kappa shape index (κ1) is 20.2. The number of amides is 2. The highest BCUT2D eigenvalue weighted by Crippen LogP contribution is 2.20. The number of benzene rings is 2. The summed E-state index contributed by atoms with van der Waals surface area (Å²) in [6, 6.07) is 23.0. The summed E-state index contributed by atoms with van der Waals surface area (Å²) in [5.41, 5.74) is 4.35. The molecule has 0 radical (unpaired) electrons. The quantitative estimate of drug-likeness (QED) is 0.345. The lowest BCUT2D eigenvalue weighted by molar-refractivity contribution is 0.249. The molecule has 4 rings (SSSR count). The number of carbonyl (C=O) groups is 1. The van der Waals surface area contributed by atoms with Gasteiger partial charge in [0.1, 0.15) is 0 Å². The third kappa shape index (κ3) is 5.70. The minimum atomic E-state index is -0.245. The van der Waals surface area contributed by atoms with Crippen molar-refractivity contribution in [3.63, 3.8) is 0 Å². The SMILES string of the molecule is CC(Cc1ccccc1)NC(=O)Nc1cccc(Nc2nccc(-c3ccc[nH]3)n2)c1. The third-order valence-corrected chi connectivity index (χ3v) is 4.67. The molecule has 4 N–H and O–H groups in total. The predicted octanol–water partition coefficient (Wildman–Crippen LogP) is 4.97. The van der Waals surface area contributed by atoms with Crippen LogP contribution in [-0.4, -0.2) is 27.0 Å². The highest BCUT2D eigenvalue weighted by atomic mass is 16.2. The maximum absolute atomic E-state index is 12.4. The van der Waals surface area contributed by atoms with Gasteiger partial charge in [0.05, 0.1) is 11.4 Å². The van der Waals surface area contributed by atoms with Crippen LogP contribution in [0.3, 0.4) is 0 Å². The summed E-state index contributed by atoms with van der Waals surface area (Å²) in [5, 5.41) is 9.04. The summed E-state index contributed by atoms with van der Waals surface area (Å²) in [4.78, 5) is 24.3. The van der Waals surface area contributed by atoms with Crippen LogP contribution in [0.1, 0.15) is 12.5 Å². The Balaban J connectivity index is 1.36. The fourth-order valence-corrected chi connectivity index (χ4v) is 3.27. The molecule has 0 saturated carbocycles. The molecule has 7 nitrogen and oxygen atoms in total. The first-order valence-corrected chi connectivity index (χ1v) is 10.1. The van der Waals surface area contributed by atoms with Gasteiger partial charge in [0, 0.05) is 29.8 Å². The number of nitrogens with one attached hydrogen (secondary N) is 4. The molecule has 1 atom stereocenters. The van der Waals surface area contributed by atoms with Gasteiger partial charge in [-0.2, -0.15) is 0 Å². The summed E-state index contributed by atoms with van der Waals surface area (Å²) in [6.07, 6.45) is 4.32. The molecule has 156 valence electrons. The van der Waals surface area contributed by atoms with Gasteiger partial charge in [-0.15, -0.1) is 0 Å². The number of hydrogen-bond acceptors (Lipinski definition) is 4. The van der Waals surface area contributed by atoms with E-state index in [2.05, 4.69) is 43.0 Å². The lowest BCUT2D eigenvalue weighted by Gasteiger charge is -2.15. The van der Waals surface area contributed by atoms with Crippen LogP contribution < -0.4 is 16.0 Å². The van der Waals surface area contributed by atoms with Crippen molar-refractivity contribution < 1.29 is 4.79 Å². The lowest BCUT2D eigenvalue weighted by atomic mass is 10.1. The summed E-state index contributed by atoms with van der Waals surface area (Å²) >= 11 is 0. The lowest BCUT2D eigenvalue weighted by Crippen LogP contribution is -2.37. The Kier molecular flexibility index (Phi) is 6.23. The maximum Gasteiger partial charge on any atom is 0.319 e. The summed E-state index contributed by atoms with van der Waals surface area (Å²) in [7, 11) is 0. The first-order chi connectivity index (χ1) is 15.2. The summed E-state index contributed by atoms with van der Waals surface area (Å²) in [5.74, 6) is 0.477. The van der Waals surface area contributed by atoms with E-state index in [4.69, 9.17) is 0 Å². The Morgan fingerprint density at radius 1 is 1.00 bits per heavy atom. The fraction of sp³-hybridized carbons (Fsp3) is 0.125. The summed E-state index contributed by atoms with van der Waals surface area (Å²) < 4.78 is 0. The molecular weight excluding hydrogens is 388 g/mol. The zero-order valence-corrected chi connectivity index (χ0v) is 17.2. The largest absolute Gasteiger partial charge is 0.360 e. The number of H-pyrrole nitrogens is 1. The van der Waals surface area contributed by atoms with Crippen molar-refractivity contribution in [2.75, 3.05) is 10.6 Å². The number of nitrogens with zero attached hydrogens (tertiary/aromatic N) is 2. The van der Waals surface area contributed by atoms with Crippen molar-refractivity contribution in [2.24, 2.45) is 0 Å². The topological polar surface area (TPSA) is 94.7 Å². The molecule has 0 fully saturated rings. The molecule has 1 unspecified atom stereocenters. The van der Waals surface area contributed by atoms with Gasteiger partial charge in [0.25, 0.3) is 0 Å². The van der Waals surface area contributed by atoms with E-state index in [1.807, 2.05) is 73.8 Å². The van der Waals surface area contributed by atoms with Crippen molar-refractivity contribution in [1.82, 2.24) is 20.3 Å². The zero-order valence-electron chi connectivity index (χ0n) is 17.2. The van der Waals surface area contributed by atoms with Crippen LogP contribution in [0.5, 0.6) is 0 Å². The van der Waals surface area contributed by atoms with Gasteiger partial charge in [0.2, 0.25) is 5.95 Å². The van der Waals surface area contributed by atoms with Crippen molar-refractivity contribution in [1.29, 1.82) is 0 Å². The zero-order chi connectivity index (χ0) is 21.5. The highest BCUT2D eigenvalue weighted by molar-refractivity contribution is 5.90. The Morgan fingerprint density at radius 2 is 1.84 bits per heavy atom. The summed E-state index contributed by atoms with van der Waals surface area (Å²) in [6.45, 7) is 1.99. The van der Waals surface area contributed by atoms with E-state index >= 15 is 0 Å². The van der Waals surface area contributed by atoms with Crippen LogP contribution in [0.2, 0.25) is 0 Å². The first-order valence-electron chi connectivity index (χ1n) is 10.1. The van der Waals surface area contributed by atoms with Gasteiger partial charge >= 0.3 is 6.03 Å². The van der Waals surface area contributed by atoms with E-state index in [-0.39, 0.29) is 12.1 Å². The van der Waals surface area contributed by atoms with Gasteiger partial charge in [-0.3, -0.25) is 0 Å². The maximum atomic E-state index is 12.4. The molecule has 7 heteroatoms. The van der Waals surface area contributed by atoms with Gasteiger partial charge in [-0.25, -0.2) is 14.8 Å². The molecule has 0 aliphatic heterocycles. The number of hydrogen-bond donors (Lipinski definition) is 4. The Labute approximate surface area is 181 Å². The van der Waals surface area contributed by atoms with Gasteiger partial charge in [0.15, 0.2) is 0 Å². The van der Waals surface area contributed by atoms with Crippen LogP contribution in [0.25, 0.3) is 11.4 Å². The van der Waals surface area contributed by atoms with Crippen molar-refractivity contribution >= 4 is 23.4 Å². The van der Waals surface area contributed by atoms with Crippen LogP contribution in [0.4, 0.5) is 22.1 Å². The Morgan fingerprint density at radius 3 is 2.65 bits per heavy atom. The van der Waals surface area contributed by atoms with Crippen LogP contribution in [-0.2, 0) is 6.42 Å². The van der Waals surface area contributed by atoms with Crippen molar-refractivity contribution in [3.05, 3.63) is 90.8 Å². The average molecular weight is 412 g/mol. The van der Waals surface area contributed by atoms with E-state index in [1.165, 1.54) is 5.56 Å².